The molecule has 0 saturated heterocycles. The third kappa shape index (κ3) is 8.12. The molecule has 72 valence electrons. The van der Waals surface area contributed by atoms with E-state index >= 15 is 0 Å². The molecule has 0 aromatic rings. The minimum atomic E-state index is 0.435. The number of thioether (sulfide) groups is 1. The van der Waals surface area contributed by atoms with Crippen molar-refractivity contribution in [3.05, 3.63) is 0 Å². The normalized spacial score (nSPS) is 10.7. The fourth-order valence-corrected chi connectivity index (χ4v) is 1.48. The van der Waals surface area contributed by atoms with Gasteiger partial charge < -0.3 is 0 Å². The Hall–Kier alpha value is 0.0200. The van der Waals surface area contributed by atoms with Crippen LogP contribution in [0.1, 0.15) is 39.5 Å². The van der Waals surface area contributed by atoms with Gasteiger partial charge in [-0.1, -0.05) is 20.3 Å². The molecule has 2 heteroatoms. The minimum absolute atomic E-state index is 0.435. The summed E-state index contributed by atoms with van der Waals surface area (Å²) in [6, 6.07) is 0. The van der Waals surface area contributed by atoms with Gasteiger partial charge in [-0.15, -0.1) is 0 Å². The maximum absolute atomic E-state index is 11.2. The van der Waals surface area contributed by atoms with Crippen molar-refractivity contribution in [1.29, 1.82) is 0 Å². The van der Waals surface area contributed by atoms with Gasteiger partial charge in [0.2, 0.25) is 0 Å². The first-order valence-electron chi connectivity index (χ1n) is 4.67. The zero-order chi connectivity index (χ0) is 9.40. The van der Waals surface area contributed by atoms with Gasteiger partial charge in [-0.25, -0.2) is 0 Å². The summed E-state index contributed by atoms with van der Waals surface area (Å²) in [6.45, 7) is 4.40. The molecule has 0 aromatic carbocycles. The van der Waals surface area contributed by atoms with Gasteiger partial charge in [0, 0.05) is 12.8 Å². The van der Waals surface area contributed by atoms with Gasteiger partial charge in [0.05, 0.1) is 0 Å². The lowest BCUT2D eigenvalue weighted by molar-refractivity contribution is -0.118. The Morgan fingerprint density at radius 3 is 2.50 bits per heavy atom. The van der Waals surface area contributed by atoms with Crippen LogP contribution in [0.5, 0.6) is 0 Å². The highest BCUT2D eigenvalue weighted by atomic mass is 32.2. The quantitative estimate of drug-likeness (QED) is 0.610. The summed E-state index contributed by atoms with van der Waals surface area (Å²) >= 11 is 1.75. The lowest BCUT2D eigenvalue weighted by Crippen LogP contribution is -2.00. The van der Waals surface area contributed by atoms with E-state index in [0.717, 1.165) is 30.9 Å². The predicted octanol–water partition coefficient (Wildman–Crippen LogP) is 3.13. The molecule has 0 aliphatic rings. The Kier molecular flexibility index (Phi) is 7.67. The fourth-order valence-electron chi connectivity index (χ4n) is 1.05. The molecule has 0 aliphatic heterocycles. The summed E-state index contributed by atoms with van der Waals surface area (Å²) in [5.41, 5.74) is 0. The van der Waals surface area contributed by atoms with E-state index in [1.165, 1.54) is 6.42 Å². The van der Waals surface area contributed by atoms with Crippen LogP contribution in [-0.2, 0) is 4.79 Å². The van der Waals surface area contributed by atoms with Crippen LogP contribution in [0.3, 0.4) is 0 Å². The fraction of sp³-hybridized carbons (Fsp3) is 0.900. The number of carbonyl (C=O) groups excluding carboxylic acids is 1. The maximum Gasteiger partial charge on any atom is 0.133 e. The molecule has 0 aliphatic carbocycles. The van der Waals surface area contributed by atoms with E-state index in [1.54, 1.807) is 11.8 Å². The average Bonchev–Trinajstić information content (AvgIpc) is 2.00. The Bertz CT molecular complexity index is 121. The number of carbonyl (C=O) groups is 1. The maximum atomic E-state index is 11.2. The second-order valence-electron chi connectivity index (χ2n) is 3.57. The van der Waals surface area contributed by atoms with Gasteiger partial charge in [-0.05, 0) is 24.3 Å². The standard InChI is InChI=1S/C10H20OS/c1-9(2)5-4-6-10(11)7-8-12-3/h9H,4-8H2,1-3H3. The average molecular weight is 188 g/mol. The van der Waals surface area contributed by atoms with E-state index in [-0.39, 0.29) is 0 Å². The van der Waals surface area contributed by atoms with Crippen LogP contribution in [0.15, 0.2) is 0 Å². The zero-order valence-corrected chi connectivity index (χ0v) is 9.25. The van der Waals surface area contributed by atoms with E-state index in [4.69, 9.17) is 0 Å². The van der Waals surface area contributed by atoms with Crippen LogP contribution in [0.25, 0.3) is 0 Å². The highest BCUT2D eigenvalue weighted by Crippen LogP contribution is 2.08. The van der Waals surface area contributed by atoms with Crippen LogP contribution >= 0.6 is 11.8 Å². The van der Waals surface area contributed by atoms with Crippen molar-refractivity contribution in [2.24, 2.45) is 5.92 Å². The molecular formula is C10H20OS. The Labute approximate surface area is 80.3 Å². The molecule has 0 bridgehead atoms. The predicted molar refractivity (Wildman–Crippen MR) is 56.7 cm³/mol. The summed E-state index contributed by atoms with van der Waals surface area (Å²) in [7, 11) is 0. The minimum Gasteiger partial charge on any atom is -0.300 e. The van der Waals surface area contributed by atoms with Crippen molar-refractivity contribution in [3.63, 3.8) is 0 Å². The summed E-state index contributed by atoms with van der Waals surface area (Å²) in [5.74, 6) is 2.16. The lowest BCUT2D eigenvalue weighted by Gasteiger charge is -2.02. The summed E-state index contributed by atoms with van der Waals surface area (Å²) in [5, 5.41) is 0. The number of hydrogen-bond acceptors (Lipinski definition) is 2. The molecule has 0 heterocycles. The van der Waals surface area contributed by atoms with Crippen LogP contribution in [-0.4, -0.2) is 17.8 Å². The van der Waals surface area contributed by atoms with E-state index in [1.807, 2.05) is 6.26 Å². The van der Waals surface area contributed by atoms with Gasteiger partial charge in [0.15, 0.2) is 0 Å². The number of rotatable bonds is 7. The molecule has 0 rings (SSSR count). The molecular weight excluding hydrogens is 168 g/mol. The van der Waals surface area contributed by atoms with Crippen molar-refractivity contribution in [2.45, 2.75) is 39.5 Å². The summed E-state index contributed by atoms with van der Waals surface area (Å²) in [6.07, 6.45) is 5.86. The number of hydrogen-bond donors (Lipinski definition) is 0. The van der Waals surface area contributed by atoms with E-state index in [0.29, 0.717) is 5.78 Å². The lowest BCUT2D eigenvalue weighted by atomic mass is 10.0. The van der Waals surface area contributed by atoms with E-state index in [9.17, 15) is 4.79 Å². The molecule has 0 N–H and O–H groups in total. The monoisotopic (exact) mass is 188 g/mol. The second-order valence-corrected chi connectivity index (χ2v) is 4.55. The first kappa shape index (κ1) is 12.0. The third-order valence-corrected chi connectivity index (χ3v) is 2.43. The van der Waals surface area contributed by atoms with Crippen LogP contribution in [0.2, 0.25) is 0 Å². The highest BCUT2D eigenvalue weighted by molar-refractivity contribution is 7.98. The van der Waals surface area contributed by atoms with Crippen LogP contribution < -0.4 is 0 Å². The molecule has 0 radical (unpaired) electrons. The van der Waals surface area contributed by atoms with E-state index < -0.39 is 0 Å². The largest absolute Gasteiger partial charge is 0.300 e. The summed E-state index contributed by atoms with van der Waals surface area (Å²) < 4.78 is 0. The van der Waals surface area contributed by atoms with Crippen molar-refractivity contribution in [1.82, 2.24) is 0 Å². The van der Waals surface area contributed by atoms with Gasteiger partial charge in [-0.3, -0.25) is 4.79 Å². The molecule has 0 aromatic heterocycles. The second kappa shape index (κ2) is 7.66. The third-order valence-electron chi connectivity index (χ3n) is 1.82. The highest BCUT2D eigenvalue weighted by Gasteiger charge is 2.01. The molecule has 0 unspecified atom stereocenters. The first-order chi connectivity index (χ1) is 5.66. The molecule has 0 spiro atoms. The van der Waals surface area contributed by atoms with Gasteiger partial charge in [-0.2, -0.15) is 11.8 Å². The molecule has 0 fully saturated rings. The van der Waals surface area contributed by atoms with Crippen LogP contribution in [0, 0.1) is 5.92 Å². The van der Waals surface area contributed by atoms with Gasteiger partial charge in [0.25, 0.3) is 0 Å². The van der Waals surface area contributed by atoms with Crippen molar-refractivity contribution in [2.75, 3.05) is 12.0 Å². The Balaban J connectivity index is 3.20. The molecule has 0 atom stereocenters. The smallest absolute Gasteiger partial charge is 0.133 e. The van der Waals surface area contributed by atoms with Crippen molar-refractivity contribution in [3.8, 4) is 0 Å². The van der Waals surface area contributed by atoms with Gasteiger partial charge >= 0.3 is 0 Å². The molecule has 0 amide bonds. The van der Waals surface area contributed by atoms with Gasteiger partial charge in [0.1, 0.15) is 5.78 Å². The first-order valence-corrected chi connectivity index (χ1v) is 6.06. The van der Waals surface area contributed by atoms with Crippen molar-refractivity contribution >= 4 is 17.5 Å². The van der Waals surface area contributed by atoms with Crippen LogP contribution in [0.4, 0.5) is 0 Å². The van der Waals surface area contributed by atoms with Crippen molar-refractivity contribution < 1.29 is 4.79 Å². The van der Waals surface area contributed by atoms with E-state index in [2.05, 4.69) is 13.8 Å². The summed E-state index contributed by atoms with van der Waals surface area (Å²) in [4.78, 5) is 11.2. The Morgan fingerprint density at radius 2 is 2.00 bits per heavy atom. The SMILES string of the molecule is CSCCC(=O)CCCC(C)C. The molecule has 0 saturated carbocycles. The number of Topliss-reactive ketones (excluding diaryl/α,β-unsaturated/α-hetero) is 1. The topological polar surface area (TPSA) is 17.1 Å². The number of ketones is 1. The molecule has 12 heavy (non-hydrogen) atoms. The zero-order valence-electron chi connectivity index (χ0n) is 8.43. The molecule has 1 nitrogen and oxygen atoms in total. The Morgan fingerprint density at radius 1 is 1.33 bits per heavy atom.